The lowest BCUT2D eigenvalue weighted by Crippen LogP contribution is -2.19. The van der Waals surface area contributed by atoms with Crippen LogP contribution < -0.4 is 5.73 Å². The van der Waals surface area contributed by atoms with Crippen LogP contribution in [0.5, 0.6) is 0 Å². The first-order valence-electron chi connectivity index (χ1n) is 6.93. The second-order valence-electron chi connectivity index (χ2n) is 5.09. The molecule has 0 radical (unpaired) electrons. The van der Waals surface area contributed by atoms with E-state index >= 15 is 0 Å². The van der Waals surface area contributed by atoms with E-state index < -0.39 is 0 Å². The SMILES string of the molecule is CCCCC(C)N.O=C1CC(=O)c2ccccc2C1. The molecule has 1 aliphatic carbocycles. The molecule has 0 aliphatic heterocycles. The van der Waals surface area contributed by atoms with Gasteiger partial charge in [0.05, 0.1) is 6.42 Å². The van der Waals surface area contributed by atoms with Crippen molar-refractivity contribution in [2.45, 2.75) is 52.0 Å². The van der Waals surface area contributed by atoms with Crippen molar-refractivity contribution in [1.29, 1.82) is 0 Å². The molecule has 1 aromatic rings. The number of benzene rings is 1. The van der Waals surface area contributed by atoms with Crippen LogP contribution in [-0.4, -0.2) is 17.6 Å². The molecule has 2 rings (SSSR count). The zero-order valence-corrected chi connectivity index (χ0v) is 11.8. The average molecular weight is 261 g/mol. The minimum absolute atomic E-state index is 0.0266. The van der Waals surface area contributed by atoms with E-state index in [2.05, 4.69) is 13.8 Å². The van der Waals surface area contributed by atoms with Crippen LogP contribution in [0.2, 0.25) is 0 Å². The molecule has 1 aliphatic rings. The standard InChI is InChI=1S/C10H8O2.C6H15N/c11-8-5-7-3-1-2-4-9(7)10(12)6-8;1-3-4-5-6(2)7/h1-4H,5-6H2;6H,3-5,7H2,1-2H3. The Morgan fingerprint density at radius 1 is 1.21 bits per heavy atom. The first-order valence-corrected chi connectivity index (χ1v) is 6.93. The van der Waals surface area contributed by atoms with Gasteiger partial charge < -0.3 is 5.73 Å². The Kier molecular flexibility index (Phi) is 6.43. The van der Waals surface area contributed by atoms with E-state index in [0.29, 0.717) is 12.5 Å². The summed E-state index contributed by atoms with van der Waals surface area (Å²) in [4.78, 5) is 22.3. The lowest BCUT2D eigenvalue weighted by Gasteiger charge is -2.12. The van der Waals surface area contributed by atoms with Crippen molar-refractivity contribution in [3.63, 3.8) is 0 Å². The number of carbonyl (C=O) groups excluding carboxylic acids is 2. The maximum absolute atomic E-state index is 11.3. The minimum Gasteiger partial charge on any atom is -0.328 e. The molecule has 0 aromatic heterocycles. The summed E-state index contributed by atoms with van der Waals surface area (Å²) < 4.78 is 0. The summed E-state index contributed by atoms with van der Waals surface area (Å²) in [6, 6.07) is 7.70. The van der Waals surface area contributed by atoms with Crippen molar-refractivity contribution in [3.05, 3.63) is 35.4 Å². The fourth-order valence-corrected chi connectivity index (χ4v) is 2.02. The third-order valence-electron chi connectivity index (χ3n) is 3.08. The average Bonchev–Trinajstić information content (AvgIpc) is 2.37. The molecule has 1 unspecified atom stereocenters. The second-order valence-corrected chi connectivity index (χ2v) is 5.09. The summed E-state index contributed by atoms with van der Waals surface area (Å²) in [7, 11) is 0. The lowest BCUT2D eigenvalue weighted by molar-refractivity contribution is -0.117. The van der Waals surface area contributed by atoms with Crippen LogP contribution in [0.4, 0.5) is 0 Å². The van der Waals surface area contributed by atoms with Gasteiger partial charge in [-0.15, -0.1) is 0 Å². The number of ketones is 2. The normalized spacial score (nSPS) is 15.3. The van der Waals surface area contributed by atoms with Crippen LogP contribution in [0.1, 0.15) is 55.5 Å². The van der Waals surface area contributed by atoms with Crippen molar-refractivity contribution < 1.29 is 9.59 Å². The molecule has 0 saturated heterocycles. The van der Waals surface area contributed by atoms with Crippen LogP contribution in [0.15, 0.2) is 24.3 Å². The topological polar surface area (TPSA) is 60.2 Å². The number of nitrogens with two attached hydrogens (primary N) is 1. The van der Waals surface area contributed by atoms with Gasteiger partial charge in [-0.1, -0.05) is 44.0 Å². The van der Waals surface area contributed by atoms with E-state index in [1.807, 2.05) is 18.2 Å². The summed E-state index contributed by atoms with van der Waals surface area (Å²) in [5, 5.41) is 0. The van der Waals surface area contributed by atoms with E-state index in [0.717, 1.165) is 11.1 Å². The first kappa shape index (κ1) is 15.6. The Morgan fingerprint density at radius 2 is 1.89 bits per heavy atom. The number of rotatable bonds is 3. The smallest absolute Gasteiger partial charge is 0.170 e. The van der Waals surface area contributed by atoms with Gasteiger partial charge in [-0.2, -0.15) is 0 Å². The molecule has 3 nitrogen and oxygen atoms in total. The predicted molar refractivity (Wildman–Crippen MR) is 77.3 cm³/mol. The number of carbonyl (C=O) groups is 2. The largest absolute Gasteiger partial charge is 0.328 e. The highest BCUT2D eigenvalue weighted by Crippen LogP contribution is 2.18. The van der Waals surface area contributed by atoms with Gasteiger partial charge in [0.15, 0.2) is 5.78 Å². The van der Waals surface area contributed by atoms with Gasteiger partial charge in [-0.3, -0.25) is 9.59 Å². The lowest BCUT2D eigenvalue weighted by atomic mass is 9.90. The van der Waals surface area contributed by atoms with Crippen molar-refractivity contribution in [2.75, 3.05) is 0 Å². The zero-order valence-electron chi connectivity index (χ0n) is 11.8. The maximum atomic E-state index is 11.3. The molecule has 0 heterocycles. The van der Waals surface area contributed by atoms with Crippen LogP contribution in [-0.2, 0) is 11.2 Å². The highest BCUT2D eigenvalue weighted by molar-refractivity contribution is 6.12. The zero-order chi connectivity index (χ0) is 14.3. The molecule has 1 aromatic carbocycles. The number of Topliss-reactive ketones (excluding diaryl/α,β-unsaturated/α-hetero) is 2. The molecule has 0 bridgehead atoms. The molecule has 0 saturated carbocycles. The predicted octanol–water partition coefficient (Wildman–Crippen LogP) is 2.91. The van der Waals surface area contributed by atoms with Crippen LogP contribution in [0.25, 0.3) is 0 Å². The third kappa shape index (κ3) is 5.35. The molecular weight excluding hydrogens is 238 g/mol. The quantitative estimate of drug-likeness (QED) is 0.851. The summed E-state index contributed by atoms with van der Waals surface area (Å²) in [5.74, 6) is -0.0134. The summed E-state index contributed by atoms with van der Waals surface area (Å²) in [6.45, 7) is 4.23. The summed E-state index contributed by atoms with van der Waals surface area (Å²) in [6.07, 6.45) is 4.22. The van der Waals surface area contributed by atoms with Gasteiger partial charge in [-0.25, -0.2) is 0 Å². The van der Waals surface area contributed by atoms with Crippen molar-refractivity contribution in [1.82, 2.24) is 0 Å². The number of unbranched alkanes of at least 4 members (excludes halogenated alkanes) is 1. The maximum Gasteiger partial charge on any atom is 0.170 e. The number of fused-ring (bicyclic) bond motifs is 1. The fourth-order valence-electron chi connectivity index (χ4n) is 2.02. The Bertz CT molecular complexity index is 438. The minimum atomic E-state index is -0.0400. The van der Waals surface area contributed by atoms with E-state index in [-0.39, 0.29) is 18.0 Å². The van der Waals surface area contributed by atoms with Gasteiger partial charge in [0.1, 0.15) is 5.78 Å². The Labute approximate surface area is 115 Å². The van der Waals surface area contributed by atoms with Crippen molar-refractivity contribution in [3.8, 4) is 0 Å². The van der Waals surface area contributed by atoms with Gasteiger partial charge in [0.2, 0.25) is 0 Å². The first-order chi connectivity index (χ1) is 9.04. The molecule has 104 valence electrons. The molecule has 0 amide bonds. The van der Waals surface area contributed by atoms with Gasteiger partial charge in [-0.05, 0) is 18.9 Å². The molecule has 0 fully saturated rings. The second kappa shape index (κ2) is 7.85. The molecule has 19 heavy (non-hydrogen) atoms. The van der Waals surface area contributed by atoms with Crippen LogP contribution in [0.3, 0.4) is 0 Å². The fraction of sp³-hybridized carbons (Fsp3) is 0.500. The Morgan fingerprint density at radius 3 is 2.47 bits per heavy atom. The number of hydrogen-bond donors (Lipinski definition) is 1. The van der Waals surface area contributed by atoms with Gasteiger partial charge in [0.25, 0.3) is 0 Å². The van der Waals surface area contributed by atoms with Gasteiger partial charge in [0, 0.05) is 18.0 Å². The highest BCUT2D eigenvalue weighted by atomic mass is 16.1. The molecule has 1 atom stereocenters. The Hall–Kier alpha value is -1.48. The van der Waals surface area contributed by atoms with Crippen molar-refractivity contribution in [2.24, 2.45) is 5.73 Å². The van der Waals surface area contributed by atoms with E-state index in [1.165, 1.54) is 19.3 Å². The van der Waals surface area contributed by atoms with E-state index in [9.17, 15) is 9.59 Å². The number of hydrogen-bond acceptors (Lipinski definition) is 3. The van der Waals surface area contributed by atoms with E-state index in [4.69, 9.17) is 5.73 Å². The van der Waals surface area contributed by atoms with Crippen LogP contribution in [0, 0.1) is 0 Å². The van der Waals surface area contributed by atoms with Crippen molar-refractivity contribution >= 4 is 11.6 Å². The third-order valence-corrected chi connectivity index (χ3v) is 3.08. The summed E-state index contributed by atoms with van der Waals surface area (Å²) >= 11 is 0. The molecular formula is C16H23NO2. The Balaban J connectivity index is 0.000000224. The molecule has 2 N–H and O–H groups in total. The van der Waals surface area contributed by atoms with Crippen LogP contribution >= 0.6 is 0 Å². The summed E-state index contributed by atoms with van der Waals surface area (Å²) in [5.41, 5.74) is 7.07. The molecule has 3 heteroatoms. The van der Waals surface area contributed by atoms with E-state index in [1.54, 1.807) is 6.07 Å². The monoisotopic (exact) mass is 261 g/mol. The van der Waals surface area contributed by atoms with Gasteiger partial charge >= 0.3 is 0 Å². The molecule has 0 spiro atoms. The highest BCUT2D eigenvalue weighted by Gasteiger charge is 2.21.